The molecule has 1 unspecified atom stereocenters. The molecule has 5 rings (SSSR count). The summed E-state index contributed by atoms with van der Waals surface area (Å²) >= 11 is 5.92. The zero-order chi connectivity index (χ0) is 22.9. The number of carbonyl (C=O) groups is 1. The fourth-order valence-corrected chi connectivity index (χ4v) is 4.12. The van der Waals surface area contributed by atoms with Crippen molar-refractivity contribution in [3.8, 4) is 11.3 Å². The minimum atomic E-state index is -0.505. The Hall–Kier alpha value is -2.97. The van der Waals surface area contributed by atoms with Crippen molar-refractivity contribution in [1.82, 2.24) is 14.8 Å². The van der Waals surface area contributed by atoms with Crippen LogP contribution in [0.3, 0.4) is 0 Å². The van der Waals surface area contributed by atoms with Gasteiger partial charge >= 0.3 is 5.97 Å². The van der Waals surface area contributed by atoms with Crippen molar-refractivity contribution in [2.75, 3.05) is 31.2 Å². The summed E-state index contributed by atoms with van der Waals surface area (Å²) in [5.41, 5.74) is 1.93. The van der Waals surface area contributed by atoms with Gasteiger partial charge in [-0.2, -0.15) is 5.10 Å². The maximum absolute atomic E-state index is 14.7. The molecule has 1 aliphatic heterocycles. The molecule has 3 aromatic rings. The van der Waals surface area contributed by atoms with Crippen molar-refractivity contribution >= 4 is 23.4 Å². The van der Waals surface area contributed by atoms with Gasteiger partial charge in [-0.3, -0.25) is 4.68 Å². The van der Waals surface area contributed by atoms with Gasteiger partial charge in [-0.05, 0) is 50.1 Å². The number of carbonyl (C=O) groups excluding carboxylic acids is 1. The first-order valence-electron chi connectivity index (χ1n) is 11.1. The van der Waals surface area contributed by atoms with Crippen molar-refractivity contribution in [3.63, 3.8) is 0 Å². The third-order valence-corrected chi connectivity index (χ3v) is 6.07. The molecule has 0 amide bonds. The highest BCUT2D eigenvalue weighted by atomic mass is 35.5. The summed E-state index contributed by atoms with van der Waals surface area (Å²) in [6.07, 6.45) is 6.04. The van der Waals surface area contributed by atoms with Gasteiger partial charge in [0.15, 0.2) is 0 Å². The third-order valence-electron chi connectivity index (χ3n) is 5.83. The molecule has 2 fully saturated rings. The number of pyridine rings is 1. The average molecular weight is 471 g/mol. The average Bonchev–Trinajstić information content (AvgIpc) is 3.55. The zero-order valence-corrected chi connectivity index (χ0v) is 19.0. The van der Waals surface area contributed by atoms with E-state index >= 15 is 0 Å². The second-order valence-corrected chi connectivity index (χ2v) is 8.67. The molecule has 3 heterocycles. The standard InChI is InChI=1S/C24H24ClFN4O3/c1-2-32-24(31)15-9-21(19-6-3-17(25)11-20(19)26)28-23(10-15)29-7-8-33-22(14-29)16-12-27-30(13-16)18-4-5-18/h3,6,9-13,18,22H,2,4-5,7-8,14H2,1H3. The monoisotopic (exact) mass is 470 g/mol. The molecule has 0 radical (unpaired) electrons. The van der Waals surface area contributed by atoms with Crippen molar-refractivity contribution in [3.05, 3.63) is 64.7 Å². The highest BCUT2D eigenvalue weighted by Gasteiger charge is 2.29. The lowest BCUT2D eigenvalue weighted by Gasteiger charge is -2.33. The minimum absolute atomic E-state index is 0.171. The molecule has 2 aliphatic rings. The second kappa shape index (κ2) is 9.11. The molecule has 1 aliphatic carbocycles. The molecule has 0 bridgehead atoms. The first-order chi connectivity index (χ1) is 16.0. The van der Waals surface area contributed by atoms with Crippen LogP contribution in [0.5, 0.6) is 0 Å². The van der Waals surface area contributed by atoms with E-state index in [2.05, 4.69) is 5.10 Å². The number of benzene rings is 1. The number of hydrogen-bond donors (Lipinski definition) is 0. The summed E-state index contributed by atoms with van der Waals surface area (Å²) in [7, 11) is 0. The Morgan fingerprint density at radius 3 is 2.91 bits per heavy atom. The van der Waals surface area contributed by atoms with Crippen LogP contribution < -0.4 is 4.90 Å². The summed E-state index contributed by atoms with van der Waals surface area (Å²) in [6.45, 7) is 3.61. The van der Waals surface area contributed by atoms with E-state index < -0.39 is 11.8 Å². The smallest absolute Gasteiger partial charge is 0.338 e. The van der Waals surface area contributed by atoms with E-state index in [-0.39, 0.29) is 18.3 Å². The molecule has 1 aromatic carbocycles. The molecule has 33 heavy (non-hydrogen) atoms. The van der Waals surface area contributed by atoms with Gasteiger partial charge in [0, 0.05) is 35.4 Å². The highest BCUT2D eigenvalue weighted by molar-refractivity contribution is 6.30. The summed E-state index contributed by atoms with van der Waals surface area (Å²) < 4.78 is 27.9. The van der Waals surface area contributed by atoms with E-state index in [0.29, 0.717) is 47.8 Å². The van der Waals surface area contributed by atoms with E-state index in [4.69, 9.17) is 26.1 Å². The van der Waals surface area contributed by atoms with Crippen molar-refractivity contribution in [2.45, 2.75) is 31.9 Å². The summed E-state index contributed by atoms with van der Waals surface area (Å²) in [6, 6.07) is 8.13. The predicted molar refractivity (Wildman–Crippen MR) is 122 cm³/mol. The van der Waals surface area contributed by atoms with E-state index in [1.54, 1.807) is 31.2 Å². The number of halogens is 2. The number of anilines is 1. The van der Waals surface area contributed by atoms with E-state index in [1.807, 2.05) is 22.0 Å². The number of hydrogen-bond acceptors (Lipinski definition) is 6. The fraction of sp³-hybridized carbons (Fsp3) is 0.375. The Labute approximate surface area is 196 Å². The van der Waals surface area contributed by atoms with Gasteiger partial charge in [0.1, 0.15) is 17.7 Å². The molecule has 9 heteroatoms. The molecule has 0 N–H and O–H groups in total. The number of morpholine rings is 1. The number of ether oxygens (including phenoxy) is 2. The molecule has 2 aromatic heterocycles. The Balaban J connectivity index is 1.47. The van der Waals surface area contributed by atoms with Crippen LogP contribution in [-0.4, -0.2) is 47.0 Å². The van der Waals surface area contributed by atoms with Crippen LogP contribution in [0.4, 0.5) is 10.2 Å². The molecule has 0 spiro atoms. The van der Waals surface area contributed by atoms with Gasteiger partial charge < -0.3 is 14.4 Å². The Morgan fingerprint density at radius 2 is 2.15 bits per heavy atom. The Morgan fingerprint density at radius 1 is 1.30 bits per heavy atom. The van der Waals surface area contributed by atoms with Crippen LogP contribution in [0.15, 0.2) is 42.7 Å². The molecule has 7 nitrogen and oxygen atoms in total. The second-order valence-electron chi connectivity index (χ2n) is 8.23. The van der Waals surface area contributed by atoms with Gasteiger partial charge in [0.2, 0.25) is 0 Å². The van der Waals surface area contributed by atoms with E-state index in [1.165, 1.54) is 6.07 Å². The topological polar surface area (TPSA) is 69.5 Å². The van der Waals surface area contributed by atoms with Crippen LogP contribution >= 0.6 is 11.6 Å². The highest BCUT2D eigenvalue weighted by Crippen LogP contribution is 2.35. The first-order valence-corrected chi connectivity index (χ1v) is 11.4. The van der Waals surface area contributed by atoms with Crippen LogP contribution in [-0.2, 0) is 9.47 Å². The van der Waals surface area contributed by atoms with Crippen LogP contribution in [0.1, 0.15) is 47.8 Å². The largest absolute Gasteiger partial charge is 0.462 e. The minimum Gasteiger partial charge on any atom is -0.462 e. The maximum Gasteiger partial charge on any atom is 0.338 e. The van der Waals surface area contributed by atoms with Crippen molar-refractivity contribution in [1.29, 1.82) is 0 Å². The van der Waals surface area contributed by atoms with E-state index in [9.17, 15) is 9.18 Å². The lowest BCUT2D eigenvalue weighted by atomic mass is 10.1. The fourth-order valence-electron chi connectivity index (χ4n) is 3.96. The molecule has 1 atom stereocenters. The third kappa shape index (κ3) is 4.72. The molecule has 172 valence electrons. The Bertz CT molecular complexity index is 1180. The van der Waals surface area contributed by atoms with Crippen LogP contribution in [0.2, 0.25) is 5.02 Å². The molecular weight excluding hydrogens is 447 g/mol. The van der Waals surface area contributed by atoms with Crippen LogP contribution in [0.25, 0.3) is 11.3 Å². The zero-order valence-electron chi connectivity index (χ0n) is 18.2. The number of nitrogens with zero attached hydrogens (tertiary/aromatic N) is 4. The number of aromatic nitrogens is 3. The van der Waals surface area contributed by atoms with Gasteiger partial charge in [-0.25, -0.2) is 14.2 Å². The number of rotatable bonds is 6. The summed E-state index contributed by atoms with van der Waals surface area (Å²) in [4.78, 5) is 19.3. The van der Waals surface area contributed by atoms with E-state index in [0.717, 1.165) is 18.4 Å². The van der Waals surface area contributed by atoms with Crippen LogP contribution in [0, 0.1) is 5.82 Å². The van der Waals surface area contributed by atoms with Gasteiger partial charge in [0.05, 0.1) is 36.7 Å². The van der Waals surface area contributed by atoms with Gasteiger partial charge in [0.25, 0.3) is 0 Å². The predicted octanol–water partition coefficient (Wildman–Crippen LogP) is 4.83. The lowest BCUT2D eigenvalue weighted by Crippen LogP contribution is -2.39. The molecule has 1 saturated heterocycles. The maximum atomic E-state index is 14.7. The molecular formula is C24H24ClFN4O3. The quantitative estimate of drug-likeness (QED) is 0.481. The lowest BCUT2D eigenvalue weighted by molar-refractivity contribution is 0.0394. The van der Waals surface area contributed by atoms with Gasteiger partial charge in [-0.15, -0.1) is 0 Å². The van der Waals surface area contributed by atoms with Crippen molar-refractivity contribution in [2.24, 2.45) is 0 Å². The normalized spacial score (nSPS) is 18.4. The summed E-state index contributed by atoms with van der Waals surface area (Å²) in [5.74, 6) is -0.422. The molecule has 1 saturated carbocycles. The van der Waals surface area contributed by atoms with Crippen molar-refractivity contribution < 1.29 is 18.7 Å². The van der Waals surface area contributed by atoms with Gasteiger partial charge in [-0.1, -0.05) is 11.6 Å². The Kier molecular flexibility index (Phi) is 6.03. The SMILES string of the molecule is CCOC(=O)c1cc(-c2ccc(Cl)cc2F)nc(N2CCOC(c3cnn(C4CC4)c3)C2)c1. The summed E-state index contributed by atoms with van der Waals surface area (Å²) in [5, 5.41) is 4.76. The number of esters is 1. The first kappa shape index (κ1) is 21.9.